The standard InChI is InChI=1S/C25H21I/c1-25(2)23-6-4-3-5-21(23)22-12-10-19(15-24(22)25)16-7-8-18-14-20(26)11-9-17(18)13-16/h3-6,9-15H,7-8H2,1-2H3. The molecule has 3 aromatic rings. The molecule has 0 aromatic heterocycles. The molecule has 26 heavy (non-hydrogen) atoms. The van der Waals surface area contributed by atoms with Crippen molar-refractivity contribution in [1.29, 1.82) is 0 Å². The maximum atomic E-state index is 2.44. The van der Waals surface area contributed by atoms with Gasteiger partial charge >= 0.3 is 0 Å². The molecule has 0 atom stereocenters. The summed E-state index contributed by atoms with van der Waals surface area (Å²) in [7, 11) is 0. The fourth-order valence-electron chi connectivity index (χ4n) is 4.59. The summed E-state index contributed by atoms with van der Waals surface area (Å²) in [5.74, 6) is 0. The van der Waals surface area contributed by atoms with Crippen LogP contribution in [0.2, 0.25) is 0 Å². The van der Waals surface area contributed by atoms with Crippen LogP contribution in [0.25, 0.3) is 22.8 Å². The lowest BCUT2D eigenvalue weighted by molar-refractivity contribution is 0.660. The van der Waals surface area contributed by atoms with Crippen LogP contribution < -0.4 is 0 Å². The highest BCUT2D eigenvalue weighted by Gasteiger charge is 2.35. The number of rotatable bonds is 1. The highest BCUT2D eigenvalue weighted by Crippen LogP contribution is 2.49. The fraction of sp³-hybridized carbons (Fsp3) is 0.200. The Hall–Kier alpha value is -1.87. The molecule has 2 aliphatic rings. The highest BCUT2D eigenvalue weighted by molar-refractivity contribution is 14.1. The molecule has 0 saturated carbocycles. The molecule has 0 unspecified atom stereocenters. The lowest BCUT2D eigenvalue weighted by Crippen LogP contribution is -2.15. The topological polar surface area (TPSA) is 0 Å². The molecule has 0 fully saturated rings. The Kier molecular flexibility index (Phi) is 3.65. The minimum Gasteiger partial charge on any atom is -0.0619 e. The van der Waals surface area contributed by atoms with Gasteiger partial charge in [0.15, 0.2) is 0 Å². The predicted octanol–water partition coefficient (Wildman–Crippen LogP) is 7.08. The zero-order valence-electron chi connectivity index (χ0n) is 15.1. The second-order valence-electron chi connectivity index (χ2n) is 7.94. The fourth-order valence-corrected chi connectivity index (χ4v) is 5.15. The molecule has 0 amide bonds. The number of allylic oxidation sites excluding steroid dienone is 1. The average Bonchev–Trinajstić information content (AvgIpc) is 2.89. The van der Waals surface area contributed by atoms with Crippen molar-refractivity contribution >= 4 is 34.2 Å². The van der Waals surface area contributed by atoms with Crippen molar-refractivity contribution in [1.82, 2.24) is 0 Å². The number of halogens is 1. The van der Waals surface area contributed by atoms with Crippen LogP contribution in [0.4, 0.5) is 0 Å². The minimum absolute atomic E-state index is 0.0746. The van der Waals surface area contributed by atoms with Crippen molar-refractivity contribution in [3.05, 3.63) is 92.1 Å². The van der Waals surface area contributed by atoms with Gasteiger partial charge in [0.2, 0.25) is 0 Å². The van der Waals surface area contributed by atoms with E-state index in [1.54, 1.807) is 0 Å². The monoisotopic (exact) mass is 448 g/mol. The molecule has 0 spiro atoms. The summed E-state index contributed by atoms with van der Waals surface area (Å²) < 4.78 is 1.33. The molecular weight excluding hydrogens is 427 g/mol. The van der Waals surface area contributed by atoms with Gasteiger partial charge in [-0.15, -0.1) is 0 Å². The molecule has 0 aliphatic heterocycles. The first-order chi connectivity index (χ1) is 12.5. The van der Waals surface area contributed by atoms with Gasteiger partial charge in [0.05, 0.1) is 0 Å². The summed E-state index contributed by atoms with van der Waals surface area (Å²) in [5.41, 5.74) is 11.5. The van der Waals surface area contributed by atoms with Gasteiger partial charge in [-0.25, -0.2) is 0 Å². The molecule has 5 rings (SSSR count). The summed E-state index contributed by atoms with van der Waals surface area (Å²) in [6.45, 7) is 4.71. The second kappa shape index (κ2) is 5.82. The van der Waals surface area contributed by atoms with E-state index in [0.717, 1.165) is 12.8 Å². The van der Waals surface area contributed by atoms with E-state index in [4.69, 9.17) is 0 Å². The SMILES string of the molecule is CC1(C)c2ccccc2-c2ccc(C3=Cc4ccc(I)cc4CC3)cc21. The molecule has 2 aliphatic carbocycles. The zero-order chi connectivity index (χ0) is 17.9. The van der Waals surface area contributed by atoms with Crippen LogP contribution in [0.3, 0.4) is 0 Å². The molecule has 0 radical (unpaired) electrons. The maximum Gasteiger partial charge on any atom is 0.0159 e. The molecule has 0 N–H and O–H groups in total. The normalized spacial score (nSPS) is 16.5. The van der Waals surface area contributed by atoms with E-state index in [1.807, 2.05) is 0 Å². The van der Waals surface area contributed by atoms with Crippen molar-refractivity contribution < 1.29 is 0 Å². The van der Waals surface area contributed by atoms with Crippen LogP contribution >= 0.6 is 22.6 Å². The quantitative estimate of drug-likeness (QED) is 0.349. The molecule has 0 saturated heterocycles. The van der Waals surface area contributed by atoms with E-state index in [-0.39, 0.29) is 5.41 Å². The summed E-state index contributed by atoms with van der Waals surface area (Å²) >= 11 is 2.41. The third kappa shape index (κ3) is 2.40. The summed E-state index contributed by atoms with van der Waals surface area (Å²) in [6, 6.07) is 22.8. The van der Waals surface area contributed by atoms with Gasteiger partial charge in [-0.05, 0) is 98.1 Å². The van der Waals surface area contributed by atoms with Crippen LogP contribution in [0.1, 0.15) is 48.1 Å². The number of fused-ring (bicyclic) bond motifs is 4. The Morgan fingerprint density at radius 3 is 2.50 bits per heavy atom. The zero-order valence-corrected chi connectivity index (χ0v) is 17.3. The van der Waals surface area contributed by atoms with E-state index in [9.17, 15) is 0 Å². The Labute approximate surface area is 169 Å². The molecule has 0 nitrogen and oxygen atoms in total. The predicted molar refractivity (Wildman–Crippen MR) is 119 cm³/mol. The van der Waals surface area contributed by atoms with Gasteiger partial charge in [-0.2, -0.15) is 0 Å². The first kappa shape index (κ1) is 16.3. The Balaban J connectivity index is 1.62. The number of aryl methyl sites for hydroxylation is 1. The number of hydrogen-bond donors (Lipinski definition) is 0. The first-order valence-corrected chi connectivity index (χ1v) is 10.4. The largest absolute Gasteiger partial charge is 0.0619 e. The highest BCUT2D eigenvalue weighted by atomic mass is 127. The van der Waals surface area contributed by atoms with Crippen molar-refractivity contribution in [3.8, 4) is 11.1 Å². The van der Waals surface area contributed by atoms with Crippen molar-refractivity contribution in [2.75, 3.05) is 0 Å². The third-order valence-corrected chi connectivity index (χ3v) is 6.72. The Morgan fingerprint density at radius 1 is 0.808 bits per heavy atom. The van der Waals surface area contributed by atoms with Crippen LogP contribution in [0.5, 0.6) is 0 Å². The average molecular weight is 448 g/mol. The van der Waals surface area contributed by atoms with E-state index >= 15 is 0 Å². The molecule has 3 aromatic carbocycles. The van der Waals surface area contributed by atoms with E-state index in [2.05, 4.69) is 103 Å². The van der Waals surface area contributed by atoms with Gasteiger partial charge < -0.3 is 0 Å². The lowest BCUT2D eigenvalue weighted by atomic mass is 9.80. The summed E-state index contributed by atoms with van der Waals surface area (Å²) in [4.78, 5) is 0. The maximum absolute atomic E-state index is 2.44. The molecule has 0 heterocycles. The van der Waals surface area contributed by atoms with Gasteiger partial charge in [0, 0.05) is 8.99 Å². The van der Waals surface area contributed by atoms with Crippen molar-refractivity contribution in [2.45, 2.75) is 32.1 Å². The summed E-state index contributed by atoms with van der Waals surface area (Å²) in [6.07, 6.45) is 4.66. The second-order valence-corrected chi connectivity index (χ2v) is 9.19. The van der Waals surface area contributed by atoms with Crippen LogP contribution in [0, 0.1) is 3.57 Å². The van der Waals surface area contributed by atoms with Gasteiger partial charge in [-0.1, -0.05) is 62.4 Å². The van der Waals surface area contributed by atoms with Crippen LogP contribution in [-0.2, 0) is 11.8 Å². The Morgan fingerprint density at radius 2 is 1.62 bits per heavy atom. The lowest BCUT2D eigenvalue weighted by Gasteiger charge is -2.23. The number of hydrogen-bond acceptors (Lipinski definition) is 0. The van der Waals surface area contributed by atoms with Gasteiger partial charge in [-0.3, -0.25) is 0 Å². The minimum atomic E-state index is 0.0746. The van der Waals surface area contributed by atoms with Crippen molar-refractivity contribution in [2.24, 2.45) is 0 Å². The first-order valence-electron chi connectivity index (χ1n) is 9.28. The summed E-state index contributed by atoms with van der Waals surface area (Å²) in [5, 5.41) is 0. The number of benzene rings is 3. The third-order valence-electron chi connectivity index (χ3n) is 6.05. The molecule has 0 bridgehead atoms. The Bertz CT molecular complexity index is 1070. The van der Waals surface area contributed by atoms with Crippen LogP contribution in [0.15, 0.2) is 60.7 Å². The van der Waals surface area contributed by atoms with E-state index < -0.39 is 0 Å². The van der Waals surface area contributed by atoms with Crippen molar-refractivity contribution in [3.63, 3.8) is 0 Å². The molecule has 1 heteroatoms. The molecular formula is C25H21I. The van der Waals surface area contributed by atoms with Crippen LogP contribution in [-0.4, -0.2) is 0 Å². The van der Waals surface area contributed by atoms with E-state index in [0.29, 0.717) is 0 Å². The molecule has 128 valence electrons. The van der Waals surface area contributed by atoms with Gasteiger partial charge in [0.25, 0.3) is 0 Å². The van der Waals surface area contributed by atoms with E-state index in [1.165, 1.54) is 48.1 Å². The smallest absolute Gasteiger partial charge is 0.0159 e. The van der Waals surface area contributed by atoms with Gasteiger partial charge in [0.1, 0.15) is 0 Å².